The van der Waals surface area contributed by atoms with Crippen LogP contribution in [0, 0.1) is 0 Å². The largest absolute Gasteiger partial charge is 0.480 e. The first-order chi connectivity index (χ1) is 10.0. The number of hydrogen-bond acceptors (Lipinski definition) is 6. The van der Waals surface area contributed by atoms with E-state index in [1.165, 1.54) is 17.1 Å². The molecule has 0 aliphatic carbocycles. The Morgan fingerprint density at radius 3 is 2.62 bits per heavy atom. The van der Waals surface area contributed by atoms with Gasteiger partial charge in [0.2, 0.25) is 0 Å². The molecule has 0 radical (unpaired) electrons. The third kappa shape index (κ3) is 3.12. The maximum Gasteiger partial charge on any atom is 0.382 e. The fourth-order valence-electron chi connectivity index (χ4n) is 1.95. The standard InChI is InChI=1S/C12H16N3O5P/c1-3-19-21(18,20-4-2)12-9-5-6-13-7-10(9)15(14-12)8-11(16)17/h5-7H,3-4,8H2,1-2H3,(H,16,17). The number of pyridine rings is 1. The second kappa shape index (κ2) is 6.34. The summed E-state index contributed by atoms with van der Waals surface area (Å²) in [6, 6.07) is 1.61. The van der Waals surface area contributed by atoms with Gasteiger partial charge in [-0.05, 0) is 19.9 Å². The summed E-state index contributed by atoms with van der Waals surface area (Å²) >= 11 is 0. The van der Waals surface area contributed by atoms with E-state index in [0.717, 1.165) is 0 Å². The van der Waals surface area contributed by atoms with Crippen LogP contribution in [0.2, 0.25) is 0 Å². The first-order valence-electron chi connectivity index (χ1n) is 6.43. The highest BCUT2D eigenvalue weighted by Gasteiger charge is 2.33. The Hall–Kier alpha value is -1.76. The molecule has 0 unspecified atom stereocenters. The van der Waals surface area contributed by atoms with Crippen LogP contribution in [0.5, 0.6) is 0 Å². The summed E-state index contributed by atoms with van der Waals surface area (Å²) in [4.78, 5) is 14.9. The molecule has 0 saturated heterocycles. The van der Waals surface area contributed by atoms with Crippen molar-refractivity contribution in [2.24, 2.45) is 0 Å². The third-order valence-electron chi connectivity index (χ3n) is 2.68. The van der Waals surface area contributed by atoms with E-state index in [1.807, 2.05) is 0 Å². The fourth-order valence-corrected chi connectivity index (χ4v) is 3.65. The van der Waals surface area contributed by atoms with Gasteiger partial charge in [0.25, 0.3) is 0 Å². The number of carboxylic acid groups (broad SMARTS) is 1. The first-order valence-corrected chi connectivity index (χ1v) is 7.98. The number of nitrogens with zero attached hydrogens (tertiary/aromatic N) is 3. The molecule has 0 fully saturated rings. The van der Waals surface area contributed by atoms with Gasteiger partial charge in [-0.3, -0.25) is 19.0 Å². The fraction of sp³-hybridized carbons (Fsp3) is 0.417. The molecule has 114 valence electrons. The smallest absolute Gasteiger partial charge is 0.382 e. The van der Waals surface area contributed by atoms with Gasteiger partial charge in [-0.15, -0.1) is 0 Å². The average molecular weight is 313 g/mol. The summed E-state index contributed by atoms with van der Waals surface area (Å²) in [5.41, 5.74) is 0.583. The Labute approximate surface area is 121 Å². The van der Waals surface area contributed by atoms with Crippen molar-refractivity contribution in [1.29, 1.82) is 0 Å². The van der Waals surface area contributed by atoms with E-state index in [1.54, 1.807) is 19.9 Å². The Balaban J connectivity index is 2.62. The molecule has 9 heteroatoms. The Bertz CT molecular complexity index is 689. The maximum absolute atomic E-state index is 12.8. The highest BCUT2D eigenvalue weighted by molar-refractivity contribution is 7.62. The zero-order chi connectivity index (χ0) is 15.5. The predicted molar refractivity (Wildman–Crippen MR) is 75.7 cm³/mol. The Kier molecular flexibility index (Phi) is 4.72. The molecule has 0 spiro atoms. The summed E-state index contributed by atoms with van der Waals surface area (Å²) in [5, 5.41) is 13.6. The minimum absolute atomic E-state index is 0.116. The van der Waals surface area contributed by atoms with Crippen molar-refractivity contribution in [1.82, 2.24) is 14.8 Å². The molecule has 0 aromatic carbocycles. The number of aromatic nitrogens is 3. The number of rotatable bonds is 7. The molecule has 0 amide bonds. The van der Waals surface area contributed by atoms with Crippen LogP contribution in [-0.4, -0.2) is 39.1 Å². The highest BCUT2D eigenvalue weighted by Crippen LogP contribution is 2.47. The van der Waals surface area contributed by atoms with Gasteiger partial charge in [0.1, 0.15) is 6.54 Å². The van der Waals surface area contributed by atoms with E-state index >= 15 is 0 Å². The molecular formula is C12H16N3O5P. The molecular weight excluding hydrogens is 297 g/mol. The quantitative estimate of drug-likeness (QED) is 0.771. The number of carboxylic acids is 1. The number of fused-ring (bicyclic) bond motifs is 1. The second-order valence-corrected chi connectivity index (χ2v) is 6.04. The van der Waals surface area contributed by atoms with Gasteiger partial charge in [-0.2, -0.15) is 5.10 Å². The van der Waals surface area contributed by atoms with Gasteiger partial charge in [0.15, 0.2) is 5.44 Å². The second-order valence-electron chi connectivity index (χ2n) is 4.10. The third-order valence-corrected chi connectivity index (χ3v) is 4.72. The van der Waals surface area contributed by atoms with Crippen molar-refractivity contribution >= 4 is 29.9 Å². The minimum Gasteiger partial charge on any atom is -0.480 e. The van der Waals surface area contributed by atoms with E-state index in [2.05, 4.69) is 10.1 Å². The predicted octanol–water partition coefficient (Wildman–Crippen LogP) is 1.41. The summed E-state index contributed by atoms with van der Waals surface area (Å²) in [7, 11) is -3.59. The van der Waals surface area contributed by atoms with Crippen LogP contribution in [0.25, 0.3) is 10.9 Å². The molecule has 0 aliphatic rings. The Morgan fingerprint density at radius 2 is 2.05 bits per heavy atom. The van der Waals surface area contributed by atoms with Crippen molar-refractivity contribution in [2.75, 3.05) is 13.2 Å². The SMILES string of the molecule is CCOP(=O)(OCC)c1nn(CC(=O)O)c2cnccc12. The van der Waals surface area contributed by atoms with Gasteiger partial charge >= 0.3 is 13.6 Å². The lowest BCUT2D eigenvalue weighted by molar-refractivity contribution is -0.137. The molecule has 2 aromatic heterocycles. The molecule has 8 nitrogen and oxygen atoms in total. The molecule has 2 rings (SSSR count). The van der Waals surface area contributed by atoms with Crippen LogP contribution in [0.4, 0.5) is 0 Å². The maximum atomic E-state index is 12.8. The number of aliphatic carboxylic acids is 1. The molecule has 0 atom stereocenters. The van der Waals surface area contributed by atoms with Gasteiger partial charge in [0.05, 0.1) is 24.9 Å². The molecule has 1 N–H and O–H groups in total. The van der Waals surface area contributed by atoms with Crippen molar-refractivity contribution in [2.45, 2.75) is 20.4 Å². The normalized spacial score (nSPS) is 11.9. The van der Waals surface area contributed by atoms with Crippen molar-refractivity contribution < 1.29 is 23.5 Å². The summed E-state index contributed by atoms with van der Waals surface area (Å²) in [6.45, 7) is 3.42. The molecule has 0 bridgehead atoms. The molecule has 2 aromatic rings. The van der Waals surface area contributed by atoms with E-state index in [4.69, 9.17) is 14.2 Å². The van der Waals surface area contributed by atoms with Crippen LogP contribution < -0.4 is 5.44 Å². The molecule has 21 heavy (non-hydrogen) atoms. The van der Waals surface area contributed by atoms with Crippen LogP contribution in [0.15, 0.2) is 18.5 Å². The zero-order valence-corrected chi connectivity index (χ0v) is 12.6. The Morgan fingerprint density at radius 1 is 1.38 bits per heavy atom. The highest BCUT2D eigenvalue weighted by atomic mass is 31.2. The van der Waals surface area contributed by atoms with Gasteiger partial charge in [-0.1, -0.05) is 0 Å². The van der Waals surface area contributed by atoms with Crippen LogP contribution in [0.1, 0.15) is 13.8 Å². The summed E-state index contributed by atoms with van der Waals surface area (Å²) in [5.74, 6) is -1.06. The average Bonchev–Trinajstić information content (AvgIpc) is 2.79. The van der Waals surface area contributed by atoms with Gasteiger partial charge in [-0.25, -0.2) is 0 Å². The lowest BCUT2D eigenvalue weighted by Crippen LogP contribution is -2.16. The van der Waals surface area contributed by atoms with Crippen molar-refractivity contribution in [3.63, 3.8) is 0 Å². The lowest BCUT2D eigenvalue weighted by Gasteiger charge is -2.14. The molecule has 0 aliphatic heterocycles. The van der Waals surface area contributed by atoms with Gasteiger partial charge in [0, 0.05) is 11.6 Å². The number of carbonyl (C=O) groups is 1. The van der Waals surface area contributed by atoms with Crippen LogP contribution in [0.3, 0.4) is 0 Å². The first kappa shape index (κ1) is 15.6. The molecule has 0 saturated carbocycles. The summed E-state index contributed by atoms with van der Waals surface area (Å²) in [6.07, 6.45) is 2.98. The van der Waals surface area contributed by atoms with E-state index in [-0.39, 0.29) is 25.2 Å². The molecule has 2 heterocycles. The van der Waals surface area contributed by atoms with Crippen molar-refractivity contribution in [3.8, 4) is 0 Å². The number of hydrogen-bond donors (Lipinski definition) is 1. The van der Waals surface area contributed by atoms with Crippen LogP contribution in [-0.2, 0) is 25.0 Å². The van der Waals surface area contributed by atoms with Crippen LogP contribution >= 0.6 is 7.60 Å². The zero-order valence-electron chi connectivity index (χ0n) is 11.7. The van der Waals surface area contributed by atoms with E-state index < -0.39 is 13.6 Å². The van der Waals surface area contributed by atoms with Crippen molar-refractivity contribution in [3.05, 3.63) is 18.5 Å². The lowest BCUT2D eigenvalue weighted by atomic mass is 10.3. The topological polar surface area (TPSA) is 104 Å². The monoisotopic (exact) mass is 313 g/mol. The summed E-state index contributed by atoms with van der Waals surface area (Å²) < 4.78 is 24.6. The minimum atomic E-state index is -3.59. The van der Waals surface area contributed by atoms with Gasteiger partial charge < -0.3 is 14.2 Å². The van der Waals surface area contributed by atoms with E-state index in [9.17, 15) is 9.36 Å². The van der Waals surface area contributed by atoms with E-state index in [0.29, 0.717) is 10.9 Å².